The van der Waals surface area contributed by atoms with Crippen LogP contribution in [0.5, 0.6) is 0 Å². The average Bonchev–Trinajstić information content (AvgIpc) is 3.02. The van der Waals surface area contributed by atoms with Crippen LogP contribution in [0.1, 0.15) is 57.9 Å². The first kappa shape index (κ1) is 26.3. The van der Waals surface area contributed by atoms with E-state index >= 15 is 0 Å². The Labute approximate surface area is 216 Å². The van der Waals surface area contributed by atoms with Crippen molar-refractivity contribution >= 4 is 11.7 Å². The van der Waals surface area contributed by atoms with Crippen LogP contribution in [-0.4, -0.2) is 70.5 Å². The first-order chi connectivity index (χ1) is 17.5. The number of aromatic nitrogens is 1. The van der Waals surface area contributed by atoms with Crippen molar-refractivity contribution in [2.24, 2.45) is 5.92 Å². The topological polar surface area (TPSA) is 74.9 Å². The summed E-state index contributed by atoms with van der Waals surface area (Å²) in [6.45, 7) is 14.6. The number of rotatable bonds is 7. The molecule has 2 N–H and O–H groups in total. The van der Waals surface area contributed by atoms with Gasteiger partial charge < -0.3 is 20.3 Å². The lowest BCUT2D eigenvalue weighted by Crippen LogP contribution is -2.51. The molecule has 196 valence electrons. The van der Waals surface area contributed by atoms with Crippen LogP contribution in [-0.2, 0) is 16.1 Å². The fraction of sp³-hybridized carbons (Fsp3) is 0.586. The van der Waals surface area contributed by atoms with Gasteiger partial charge in [-0.2, -0.15) is 0 Å². The van der Waals surface area contributed by atoms with E-state index in [2.05, 4.69) is 45.3 Å². The van der Waals surface area contributed by atoms with Crippen LogP contribution < -0.4 is 5.73 Å². The molecule has 0 atom stereocenters. The Morgan fingerprint density at radius 1 is 1.22 bits per heavy atom. The van der Waals surface area contributed by atoms with Gasteiger partial charge in [0.1, 0.15) is 17.2 Å². The number of anilines is 1. The number of hydrogen-bond acceptors (Lipinski definition) is 6. The van der Waals surface area contributed by atoms with Gasteiger partial charge in [0, 0.05) is 64.1 Å². The summed E-state index contributed by atoms with van der Waals surface area (Å²) in [5.41, 5.74) is 7.92. The van der Waals surface area contributed by atoms with E-state index in [1.54, 1.807) is 6.20 Å². The second-order valence-electron chi connectivity index (χ2n) is 10.4. The zero-order valence-corrected chi connectivity index (χ0v) is 22.1. The third-order valence-corrected chi connectivity index (χ3v) is 7.94. The van der Waals surface area contributed by atoms with E-state index in [0.717, 1.165) is 95.8 Å². The molecule has 4 rings (SSSR count). The van der Waals surface area contributed by atoms with Crippen LogP contribution in [0.15, 0.2) is 54.6 Å². The third kappa shape index (κ3) is 6.12. The average molecular weight is 494 g/mol. The molecule has 0 aromatic carbocycles. The highest BCUT2D eigenvalue weighted by molar-refractivity contribution is 5.79. The van der Waals surface area contributed by atoms with Crippen molar-refractivity contribution in [2.75, 3.05) is 45.0 Å². The Kier molecular flexibility index (Phi) is 8.72. The molecular formula is C29H43N5O2. The Morgan fingerprint density at radius 2 is 1.94 bits per heavy atom. The van der Waals surface area contributed by atoms with Gasteiger partial charge in [-0.3, -0.25) is 9.69 Å². The molecule has 4 heterocycles. The lowest BCUT2D eigenvalue weighted by Gasteiger charge is -2.43. The number of pyridine rings is 1. The molecule has 2 saturated heterocycles. The minimum Gasteiger partial charge on any atom is -0.485 e. The Morgan fingerprint density at radius 3 is 2.58 bits per heavy atom. The van der Waals surface area contributed by atoms with E-state index in [-0.39, 0.29) is 11.5 Å². The van der Waals surface area contributed by atoms with E-state index in [4.69, 9.17) is 10.5 Å². The van der Waals surface area contributed by atoms with E-state index in [1.165, 1.54) is 5.56 Å². The van der Waals surface area contributed by atoms with Crippen molar-refractivity contribution in [3.05, 3.63) is 60.2 Å². The van der Waals surface area contributed by atoms with E-state index in [0.29, 0.717) is 11.7 Å². The summed E-state index contributed by atoms with van der Waals surface area (Å²) in [6, 6.07) is 3.95. The van der Waals surface area contributed by atoms with E-state index in [1.807, 2.05) is 25.1 Å². The number of nitrogens with zero attached hydrogens (tertiary/aromatic N) is 4. The summed E-state index contributed by atoms with van der Waals surface area (Å²) < 4.78 is 6.69. The van der Waals surface area contributed by atoms with Gasteiger partial charge in [0.05, 0.1) is 5.70 Å². The van der Waals surface area contributed by atoms with E-state index in [9.17, 15) is 4.79 Å². The summed E-state index contributed by atoms with van der Waals surface area (Å²) in [5, 5.41) is 0. The zero-order valence-electron chi connectivity index (χ0n) is 22.1. The van der Waals surface area contributed by atoms with Gasteiger partial charge in [-0.25, -0.2) is 4.98 Å². The van der Waals surface area contributed by atoms with Crippen LogP contribution in [0.2, 0.25) is 0 Å². The van der Waals surface area contributed by atoms with Crippen molar-refractivity contribution in [3.8, 4) is 0 Å². The molecule has 7 nitrogen and oxygen atoms in total. The number of carbonyl (C=O) groups excluding carboxylic acids is 1. The minimum atomic E-state index is -0.217. The predicted molar refractivity (Wildman–Crippen MR) is 145 cm³/mol. The molecule has 0 unspecified atom stereocenters. The maximum Gasteiger partial charge on any atom is 0.225 e. The molecule has 7 heteroatoms. The first-order valence-electron chi connectivity index (χ1n) is 13.6. The molecule has 1 amide bonds. The number of carbonyl (C=O) groups is 1. The predicted octanol–water partition coefficient (Wildman–Crippen LogP) is 4.34. The Balaban J connectivity index is 1.32. The monoisotopic (exact) mass is 493 g/mol. The number of piperidine rings is 2. The summed E-state index contributed by atoms with van der Waals surface area (Å²) in [5.74, 6) is 1.89. The molecule has 3 aliphatic heterocycles. The molecule has 2 fully saturated rings. The fourth-order valence-corrected chi connectivity index (χ4v) is 5.88. The number of allylic oxidation sites excluding steroid dienone is 3. The van der Waals surface area contributed by atoms with E-state index < -0.39 is 0 Å². The lowest BCUT2D eigenvalue weighted by molar-refractivity contribution is -0.142. The van der Waals surface area contributed by atoms with Crippen LogP contribution in [0, 0.1) is 5.92 Å². The third-order valence-electron chi connectivity index (χ3n) is 7.94. The number of nitrogens with two attached hydrogens (primary N) is 1. The molecule has 3 aliphatic rings. The summed E-state index contributed by atoms with van der Waals surface area (Å²) in [7, 11) is 0. The molecule has 0 aliphatic carbocycles. The van der Waals surface area contributed by atoms with Crippen LogP contribution in [0.3, 0.4) is 0 Å². The molecule has 0 bridgehead atoms. The van der Waals surface area contributed by atoms with Gasteiger partial charge >= 0.3 is 0 Å². The van der Waals surface area contributed by atoms with Crippen molar-refractivity contribution in [3.63, 3.8) is 0 Å². The quantitative estimate of drug-likeness (QED) is 0.609. The largest absolute Gasteiger partial charge is 0.485 e. The minimum absolute atomic E-state index is 0.123. The number of amides is 1. The standard InChI is InChI=1S/C29H43N5O2/c1-4-7-25-26(6-3)36-29(11-18-33(25)15-5-2)12-19-34(20-13-29)28(35)24-9-16-32(17-10-24)22-23-8-14-31-27(30)21-23/h4,6-8,14,21,24H,3,5,9-13,15-20,22H2,1-2H3,(H2,30,31)/b7-4-. The van der Waals surface area contributed by atoms with Crippen LogP contribution >= 0.6 is 0 Å². The SMILES string of the molecule is C=CC1=C(/C=C\C)N(CCC)CCC2(CCN(C(=O)C3CCN(Cc4ccnc(N)c4)CC3)CC2)O1. The highest BCUT2D eigenvalue weighted by atomic mass is 16.5. The van der Waals surface area contributed by atoms with Crippen molar-refractivity contribution in [1.82, 2.24) is 19.7 Å². The molecule has 36 heavy (non-hydrogen) atoms. The Hall–Kier alpha value is -2.80. The molecule has 1 aromatic heterocycles. The van der Waals surface area contributed by atoms with Gasteiger partial charge in [-0.05, 0) is 69.1 Å². The number of nitrogen functional groups attached to an aromatic ring is 1. The second kappa shape index (κ2) is 12.0. The van der Waals surface area contributed by atoms with Gasteiger partial charge in [0.2, 0.25) is 5.91 Å². The van der Waals surface area contributed by atoms with Crippen molar-refractivity contribution in [1.29, 1.82) is 0 Å². The van der Waals surface area contributed by atoms with Gasteiger partial charge in [-0.15, -0.1) is 0 Å². The fourth-order valence-electron chi connectivity index (χ4n) is 5.88. The van der Waals surface area contributed by atoms with Crippen molar-refractivity contribution in [2.45, 2.75) is 64.5 Å². The smallest absolute Gasteiger partial charge is 0.225 e. The molecule has 0 radical (unpaired) electrons. The van der Waals surface area contributed by atoms with Gasteiger partial charge in [0.15, 0.2) is 0 Å². The number of likely N-dealkylation sites (tertiary alicyclic amines) is 2. The zero-order chi connectivity index (χ0) is 25.5. The highest BCUT2D eigenvalue weighted by Crippen LogP contribution is 2.37. The maximum absolute atomic E-state index is 13.4. The number of ether oxygens (including phenoxy) is 1. The molecule has 0 saturated carbocycles. The summed E-state index contributed by atoms with van der Waals surface area (Å²) in [6.07, 6.45) is 13.5. The summed E-state index contributed by atoms with van der Waals surface area (Å²) in [4.78, 5) is 24.4. The maximum atomic E-state index is 13.4. The van der Waals surface area contributed by atoms with Gasteiger partial charge in [0.25, 0.3) is 0 Å². The molecule has 1 aromatic rings. The lowest BCUT2D eigenvalue weighted by atomic mass is 9.86. The van der Waals surface area contributed by atoms with Crippen molar-refractivity contribution < 1.29 is 9.53 Å². The normalized spacial score (nSPS) is 21.6. The summed E-state index contributed by atoms with van der Waals surface area (Å²) >= 11 is 0. The Bertz CT molecular complexity index is 972. The molecule has 1 spiro atoms. The number of hydrogen-bond donors (Lipinski definition) is 1. The van der Waals surface area contributed by atoms with Gasteiger partial charge in [-0.1, -0.05) is 19.6 Å². The van der Waals surface area contributed by atoms with Crippen LogP contribution in [0.25, 0.3) is 0 Å². The van der Waals surface area contributed by atoms with Crippen LogP contribution in [0.4, 0.5) is 5.82 Å². The highest BCUT2D eigenvalue weighted by Gasteiger charge is 2.41. The first-order valence-corrected chi connectivity index (χ1v) is 13.6. The molecular weight excluding hydrogens is 450 g/mol. The second-order valence-corrected chi connectivity index (χ2v) is 10.4.